The van der Waals surface area contributed by atoms with Crippen molar-refractivity contribution < 1.29 is 10.2 Å². The molecule has 2 aromatic carbocycles. The third-order valence-electron chi connectivity index (χ3n) is 5.35. The Hall–Kier alpha value is -1.26. The molecule has 0 saturated heterocycles. The second-order valence-electron chi connectivity index (χ2n) is 7.94. The lowest BCUT2D eigenvalue weighted by Crippen LogP contribution is -2.17. The lowest BCUT2D eigenvalue weighted by Gasteiger charge is -2.28. The Kier molecular flexibility index (Phi) is 6.62. The van der Waals surface area contributed by atoms with Gasteiger partial charge < -0.3 is 10.2 Å². The summed E-state index contributed by atoms with van der Waals surface area (Å²) >= 11 is 0. The van der Waals surface area contributed by atoms with E-state index in [0.717, 1.165) is 33.8 Å². The van der Waals surface area contributed by atoms with Crippen LogP contribution in [0.15, 0.2) is 46.2 Å². The van der Waals surface area contributed by atoms with E-state index in [1.165, 1.54) is 0 Å². The summed E-state index contributed by atoms with van der Waals surface area (Å²) < 4.78 is 0. The summed E-state index contributed by atoms with van der Waals surface area (Å²) in [7, 11) is 3.30. The Labute approximate surface area is 165 Å². The van der Waals surface area contributed by atoms with E-state index in [1.54, 1.807) is 33.7 Å². The molecule has 2 aromatic rings. The van der Waals surface area contributed by atoms with Crippen LogP contribution in [0.1, 0.15) is 65.5 Å². The number of phenolic OH excluding ortho intramolecular Hbond substituents is 2. The second kappa shape index (κ2) is 8.18. The van der Waals surface area contributed by atoms with Crippen LogP contribution in [0.3, 0.4) is 0 Å². The average Bonchev–Trinajstić information content (AvgIpc) is 2.59. The van der Waals surface area contributed by atoms with E-state index in [9.17, 15) is 10.2 Å². The van der Waals surface area contributed by atoms with E-state index >= 15 is 0 Å². The summed E-state index contributed by atoms with van der Waals surface area (Å²) in [4.78, 5) is 2.15. The van der Waals surface area contributed by atoms with E-state index in [-0.39, 0.29) is 10.8 Å². The molecule has 142 valence electrons. The van der Waals surface area contributed by atoms with Gasteiger partial charge in [-0.3, -0.25) is 0 Å². The molecule has 0 unspecified atom stereocenters. The number of aromatic hydroxyl groups is 2. The lowest BCUT2D eigenvalue weighted by atomic mass is 9.81. The van der Waals surface area contributed by atoms with Gasteiger partial charge in [-0.1, -0.05) is 75.3 Å². The van der Waals surface area contributed by atoms with Crippen molar-refractivity contribution in [2.24, 2.45) is 0 Å². The third kappa shape index (κ3) is 4.34. The van der Waals surface area contributed by atoms with Gasteiger partial charge in [-0.15, -0.1) is 0 Å². The molecule has 0 heterocycles. The molecule has 0 aliphatic carbocycles. The molecule has 0 bridgehead atoms. The van der Waals surface area contributed by atoms with Crippen molar-refractivity contribution in [3.8, 4) is 11.5 Å². The number of phenols is 2. The van der Waals surface area contributed by atoms with Crippen LogP contribution in [-0.2, 0) is 10.8 Å². The van der Waals surface area contributed by atoms with Crippen molar-refractivity contribution in [3.05, 3.63) is 47.5 Å². The van der Waals surface area contributed by atoms with Crippen LogP contribution < -0.4 is 0 Å². The van der Waals surface area contributed by atoms with Crippen molar-refractivity contribution in [3.63, 3.8) is 0 Å². The van der Waals surface area contributed by atoms with Crippen LogP contribution in [-0.4, -0.2) is 10.2 Å². The van der Waals surface area contributed by atoms with Crippen LogP contribution in [0.5, 0.6) is 11.5 Å². The van der Waals surface area contributed by atoms with E-state index in [4.69, 9.17) is 0 Å². The van der Waals surface area contributed by atoms with Crippen molar-refractivity contribution in [1.29, 1.82) is 0 Å². The van der Waals surface area contributed by atoms with Gasteiger partial charge in [0.2, 0.25) is 0 Å². The highest BCUT2D eigenvalue weighted by atomic mass is 33.1. The zero-order valence-electron chi connectivity index (χ0n) is 16.6. The van der Waals surface area contributed by atoms with Crippen molar-refractivity contribution >= 4 is 21.6 Å². The van der Waals surface area contributed by atoms with Gasteiger partial charge in [0, 0.05) is 20.9 Å². The first-order chi connectivity index (χ1) is 12.1. The highest BCUT2D eigenvalue weighted by Crippen LogP contribution is 2.49. The summed E-state index contributed by atoms with van der Waals surface area (Å²) in [5.41, 5.74) is 1.80. The van der Waals surface area contributed by atoms with Gasteiger partial charge in [0.05, 0.1) is 0 Å². The first-order valence-electron chi connectivity index (χ1n) is 9.13. The largest absolute Gasteiger partial charge is 0.508 e. The topological polar surface area (TPSA) is 40.5 Å². The first-order valence-corrected chi connectivity index (χ1v) is 11.3. The predicted octanol–water partition coefficient (Wildman–Crippen LogP) is 7.27. The zero-order chi connectivity index (χ0) is 19.5. The quantitative estimate of drug-likeness (QED) is 0.488. The number of benzene rings is 2. The smallest absolute Gasteiger partial charge is 0.120 e. The Balaban J connectivity index is 2.40. The zero-order valence-corrected chi connectivity index (χ0v) is 18.2. The van der Waals surface area contributed by atoms with E-state index < -0.39 is 0 Å². The summed E-state index contributed by atoms with van der Waals surface area (Å²) in [6.45, 7) is 12.9. The van der Waals surface area contributed by atoms with Gasteiger partial charge in [0.1, 0.15) is 11.5 Å². The fraction of sp³-hybridized carbons (Fsp3) is 0.455. The van der Waals surface area contributed by atoms with Crippen LogP contribution in [0.25, 0.3) is 0 Å². The normalized spacial score (nSPS) is 12.4. The summed E-state index contributed by atoms with van der Waals surface area (Å²) in [6.07, 6.45) is 1.89. The molecule has 0 atom stereocenters. The maximum absolute atomic E-state index is 10.5. The Morgan fingerprint density at radius 3 is 1.35 bits per heavy atom. The first kappa shape index (κ1) is 21.0. The molecule has 4 heteroatoms. The highest BCUT2D eigenvalue weighted by molar-refractivity contribution is 8.76. The summed E-state index contributed by atoms with van der Waals surface area (Å²) in [5, 5.41) is 20.9. The van der Waals surface area contributed by atoms with E-state index in [0.29, 0.717) is 11.5 Å². The standard InChI is InChI=1S/C22H30O2S2/c1-7-21(3,4)19-15(23)11-9-13-17(19)25-26-18-14-10-12-16(24)20(18)22(5,6)8-2/h9-14,23-24H,7-8H2,1-6H3. The Morgan fingerprint density at radius 1 is 0.692 bits per heavy atom. The van der Waals surface area contributed by atoms with E-state index in [1.807, 2.05) is 12.1 Å². The minimum absolute atomic E-state index is 0.0986. The summed E-state index contributed by atoms with van der Waals surface area (Å²) in [6, 6.07) is 11.5. The molecule has 2 nitrogen and oxygen atoms in total. The van der Waals surface area contributed by atoms with Gasteiger partial charge in [0.15, 0.2) is 0 Å². The molecule has 0 aromatic heterocycles. The molecule has 2 N–H and O–H groups in total. The number of hydrogen-bond acceptors (Lipinski definition) is 4. The number of rotatable bonds is 7. The van der Waals surface area contributed by atoms with E-state index in [2.05, 4.69) is 53.7 Å². The summed E-state index contributed by atoms with van der Waals surface area (Å²) in [5.74, 6) is 0.708. The predicted molar refractivity (Wildman–Crippen MR) is 115 cm³/mol. The molecule has 0 aliphatic rings. The third-order valence-corrected chi connectivity index (χ3v) is 7.80. The van der Waals surface area contributed by atoms with Crippen molar-refractivity contribution in [2.45, 2.75) is 75.0 Å². The van der Waals surface area contributed by atoms with Gasteiger partial charge in [-0.2, -0.15) is 0 Å². The molecule has 0 spiro atoms. The fourth-order valence-electron chi connectivity index (χ4n) is 2.98. The Bertz CT molecular complexity index is 701. The van der Waals surface area contributed by atoms with Gasteiger partial charge >= 0.3 is 0 Å². The monoisotopic (exact) mass is 390 g/mol. The second-order valence-corrected chi connectivity index (χ2v) is 10.2. The SMILES string of the molecule is CCC(C)(C)c1c(O)cccc1SSc1cccc(O)c1C(C)(C)CC. The van der Waals surface area contributed by atoms with Gasteiger partial charge in [-0.25, -0.2) is 0 Å². The van der Waals surface area contributed by atoms with Gasteiger partial charge in [-0.05, 0) is 47.9 Å². The fourth-order valence-corrected chi connectivity index (χ4v) is 5.73. The molecular formula is C22H30O2S2. The van der Waals surface area contributed by atoms with Crippen molar-refractivity contribution in [2.75, 3.05) is 0 Å². The van der Waals surface area contributed by atoms with Crippen LogP contribution in [0.2, 0.25) is 0 Å². The molecule has 0 radical (unpaired) electrons. The average molecular weight is 391 g/mol. The maximum atomic E-state index is 10.5. The van der Waals surface area contributed by atoms with Crippen LogP contribution in [0.4, 0.5) is 0 Å². The van der Waals surface area contributed by atoms with Crippen LogP contribution >= 0.6 is 21.6 Å². The highest BCUT2D eigenvalue weighted by Gasteiger charge is 2.28. The van der Waals surface area contributed by atoms with Gasteiger partial charge in [0.25, 0.3) is 0 Å². The minimum atomic E-state index is -0.0986. The minimum Gasteiger partial charge on any atom is -0.508 e. The number of hydrogen-bond donors (Lipinski definition) is 2. The van der Waals surface area contributed by atoms with Crippen LogP contribution in [0, 0.1) is 0 Å². The molecule has 2 rings (SSSR count). The molecule has 0 aliphatic heterocycles. The molecule has 26 heavy (non-hydrogen) atoms. The Morgan fingerprint density at radius 2 is 1.04 bits per heavy atom. The molecule has 0 saturated carbocycles. The molecule has 0 fully saturated rings. The molecule has 0 amide bonds. The van der Waals surface area contributed by atoms with Crippen molar-refractivity contribution in [1.82, 2.24) is 0 Å². The lowest BCUT2D eigenvalue weighted by molar-refractivity contribution is 0.421. The maximum Gasteiger partial charge on any atom is 0.120 e. The molecular weight excluding hydrogens is 360 g/mol.